The van der Waals surface area contributed by atoms with E-state index in [0.29, 0.717) is 11.1 Å². The number of carbonyl (C=O) groups excluding carboxylic acids is 2. The molecule has 4 heterocycles. The number of hydrogen-bond donors (Lipinski definition) is 0. The first-order valence-corrected chi connectivity index (χ1v) is 21.8. The third-order valence-corrected chi connectivity index (χ3v) is 10.8. The SMILES string of the molecule is C.CC.CC.CC.CC.Cc1ccc2c(c1)C(=O)N(C)C2=O.Cc1ccc2c(c1)C[C](=[V])N2C.Cc1ccc2c(c1)N(C)[C](=[V])C2.Cc1ccc2c(c1)n(C)c(=O)n2C. The normalized spacial score (nSPS) is 12.3. The van der Waals surface area contributed by atoms with Crippen molar-refractivity contribution in [1.82, 2.24) is 14.0 Å². The van der Waals surface area contributed by atoms with Crippen LogP contribution in [0, 0.1) is 27.7 Å². The molecule has 0 saturated heterocycles. The van der Waals surface area contributed by atoms with Crippen molar-refractivity contribution in [2.45, 2.75) is 103 Å². The molecule has 0 radical (unpaired) electrons. The molecule has 0 N–H and O–H groups in total. The molecule has 3 aliphatic rings. The molecule has 4 aromatic carbocycles. The Kier molecular flexibility index (Phi) is 24.2. The van der Waals surface area contributed by atoms with Crippen LogP contribution in [0.5, 0.6) is 0 Å². The third kappa shape index (κ3) is 13.4. The van der Waals surface area contributed by atoms with Crippen molar-refractivity contribution in [3.8, 4) is 0 Å². The van der Waals surface area contributed by atoms with Crippen LogP contribution in [0.3, 0.4) is 0 Å². The van der Waals surface area contributed by atoms with Gasteiger partial charge in [0.1, 0.15) is 0 Å². The third-order valence-electron chi connectivity index (χ3n) is 9.34. The predicted octanol–water partition coefficient (Wildman–Crippen LogP) is 10.5. The Bertz CT molecular complexity index is 2250. The van der Waals surface area contributed by atoms with Gasteiger partial charge in [0.2, 0.25) is 0 Å². The van der Waals surface area contributed by atoms with Gasteiger partial charge in [-0.05, 0) is 43.7 Å². The van der Waals surface area contributed by atoms with Gasteiger partial charge >= 0.3 is 169 Å². The van der Waals surface area contributed by atoms with E-state index in [1.165, 1.54) is 54.9 Å². The standard InChI is InChI=1S/C10H12N2O.C10H9NO2.2C10H11N.4C2H6.CH4.2V/c1-7-4-5-8-9(6-7)12(3)10(13)11(8)2;1-6-3-4-7-8(5-6)10(13)11(2)9(7)12;1-8-3-4-10-9(7-8)5-6-11(10)2;1-8-3-4-9-5-6-11(2)10(9)7-8;4*1-2;;;/h4-6H,1-3H3;3-5H,1-2H3;2*3-4,7H,5H2,1-2H3;4*1-2H3;1H4;;. The van der Waals surface area contributed by atoms with Gasteiger partial charge in [0, 0.05) is 21.1 Å². The molecular weight excluding hydrogens is 808 g/mol. The zero-order valence-electron chi connectivity index (χ0n) is 38.2. The molecule has 0 saturated carbocycles. The van der Waals surface area contributed by atoms with E-state index in [-0.39, 0.29) is 24.9 Å². The number of anilines is 2. The molecule has 0 atom stereocenters. The summed E-state index contributed by atoms with van der Waals surface area (Å²) in [6.07, 6.45) is 2.18. The fourth-order valence-corrected chi connectivity index (χ4v) is 7.14. The van der Waals surface area contributed by atoms with Gasteiger partial charge in [0.05, 0.1) is 22.2 Å². The van der Waals surface area contributed by atoms with Crippen LogP contribution in [0.15, 0.2) is 77.6 Å². The average Bonchev–Trinajstić information content (AvgIpc) is 3.84. The molecule has 2 amide bonds. The molecule has 3 aliphatic heterocycles. The number of nitrogens with zero attached hydrogens (tertiary/aromatic N) is 5. The van der Waals surface area contributed by atoms with Crippen molar-refractivity contribution in [1.29, 1.82) is 0 Å². The molecular formula is C49H71N5O3V2. The number of carbonyl (C=O) groups is 2. The van der Waals surface area contributed by atoms with Gasteiger partial charge < -0.3 is 0 Å². The Balaban J connectivity index is 0.000000715. The van der Waals surface area contributed by atoms with Crippen molar-refractivity contribution in [2.75, 3.05) is 30.9 Å². The zero-order chi connectivity index (χ0) is 44.6. The summed E-state index contributed by atoms with van der Waals surface area (Å²) < 4.78 is 6.09. The van der Waals surface area contributed by atoms with Crippen LogP contribution in [-0.2, 0) is 60.9 Å². The molecule has 0 aliphatic carbocycles. The second-order valence-corrected chi connectivity index (χ2v) is 14.8. The summed E-state index contributed by atoms with van der Waals surface area (Å²) in [5.41, 5.74) is 13.5. The van der Waals surface area contributed by atoms with Crippen LogP contribution in [0.1, 0.15) is 117 Å². The quantitative estimate of drug-likeness (QED) is 0.145. The molecule has 59 heavy (non-hydrogen) atoms. The van der Waals surface area contributed by atoms with Crippen LogP contribution in [0.4, 0.5) is 11.4 Å². The molecule has 0 unspecified atom stereocenters. The van der Waals surface area contributed by atoms with Gasteiger partial charge in [-0.3, -0.25) is 23.6 Å². The van der Waals surface area contributed by atoms with Crippen LogP contribution >= 0.6 is 0 Å². The number of aryl methyl sites for hydroxylation is 6. The van der Waals surface area contributed by atoms with E-state index in [0.717, 1.165) is 34.3 Å². The molecule has 8 rings (SSSR count). The summed E-state index contributed by atoms with van der Waals surface area (Å²) in [6.45, 7) is 24.2. The molecule has 8 nitrogen and oxygen atoms in total. The second-order valence-electron chi connectivity index (χ2n) is 13.2. The summed E-state index contributed by atoms with van der Waals surface area (Å²) in [4.78, 5) is 40.1. The van der Waals surface area contributed by atoms with E-state index in [4.69, 9.17) is 0 Å². The van der Waals surface area contributed by atoms with Crippen molar-refractivity contribution >= 4 is 42.9 Å². The summed E-state index contributed by atoms with van der Waals surface area (Å²) in [5, 5.41) is 0. The van der Waals surface area contributed by atoms with Gasteiger partial charge in [-0.1, -0.05) is 80.5 Å². The van der Waals surface area contributed by atoms with Gasteiger partial charge in [0.25, 0.3) is 11.8 Å². The van der Waals surface area contributed by atoms with Gasteiger partial charge in [-0.25, -0.2) is 4.79 Å². The summed E-state index contributed by atoms with van der Waals surface area (Å²) in [6, 6.07) is 24.6. The molecule has 0 bridgehead atoms. The summed E-state index contributed by atoms with van der Waals surface area (Å²) in [7, 11) is 9.33. The van der Waals surface area contributed by atoms with Crippen LogP contribution in [0.25, 0.3) is 11.0 Å². The van der Waals surface area contributed by atoms with Crippen LogP contribution in [-0.4, -0.2) is 55.7 Å². The zero-order valence-corrected chi connectivity index (χ0v) is 41.0. The minimum atomic E-state index is -0.208. The minimum absolute atomic E-state index is 0. The maximum absolute atomic E-state index is 11.5. The number of hydrogen-bond acceptors (Lipinski definition) is 5. The fourth-order valence-electron chi connectivity index (χ4n) is 6.27. The number of imidazole rings is 1. The van der Waals surface area contributed by atoms with Crippen LogP contribution < -0.4 is 15.5 Å². The molecule has 0 spiro atoms. The van der Waals surface area contributed by atoms with Gasteiger partial charge in [-0.2, -0.15) is 0 Å². The number of rotatable bonds is 0. The number of likely N-dealkylation sites (N-methyl/N-ethyl adjacent to an activating group) is 2. The second kappa shape index (κ2) is 26.1. The smallest absolute Gasteiger partial charge is 0.295 e. The van der Waals surface area contributed by atoms with E-state index < -0.39 is 0 Å². The van der Waals surface area contributed by atoms with E-state index in [1.807, 2.05) is 93.5 Å². The first kappa shape index (κ1) is 54.8. The van der Waals surface area contributed by atoms with Crippen molar-refractivity contribution < 1.29 is 43.5 Å². The Morgan fingerprint density at radius 3 is 1.46 bits per heavy atom. The topological polar surface area (TPSA) is 70.8 Å². The minimum Gasteiger partial charge on any atom is -0.295 e. The van der Waals surface area contributed by atoms with E-state index in [2.05, 4.69) is 108 Å². The number of aromatic nitrogens is 2. The Hall–Kier alpha value is -4.20. The Morgan fingerprint density at radius 2 is 0.864 bits per heavy atom. The van der Waals surface area contributed by atoms with E-state index in [9.17, 15) is 14.4 Å². The molecule has 320 valence electrons. The van der Waals surface area contributed by atoms with Crippen molar-refractivity contribution in [2.24, 2.45) is 14.1 Å². The first-order valence-electron chi connectivity index (χ1n) is 20.4. The summed E-state index contributed by atoms with van der Waals surface area (Å²) in [5.74, 6) is -0.413. The van der Waals surface area contributed by atoms with Gasteiger partial charge in [-0.15, -0.1) is 0 Å². The fraction of sp³-hybridized carbons (Fsp3) is 0.408. The number of benzene rings is 4. The maximum atomic E-state index is 11.5. The Morgan fingerprint density at radius 1 is 0.441 bits per heavy atom. The predicted molar refractivity (Wildman–Crippen MR) is 249 cm³/mol. The number of imide groups is 1. The summed E-state index contributed by atoms with van der Waals surface area (Å²) >= 11 is 5.29. The van der Waals surface area contributed by atoms with Crippen molar-refractivity contribution in [3.63, 3.8) is 0 Å². The number of amides is 2. The van der Waals surface area contributed by atoms with E-state index >= 15 is 0 Å². The van der Waals surface area contributed by atoms with Gasteiger partial charge in [0.15, 0.2) is 0 Å². The number of fused-ring (bicyclic) bond motifs is 4. The Labute approximate surface area is 374 Å². The average molecular weight is 880 g/mol. The monoisotopic (exact) mass is 879 g/mol. The maximum Gasteiger partial charge on any atom is 0.328 e. The van der Waals surface area contributed by atoms with Crippen molar-refractivity contribution in [3.05, 3.63) is 128 Å². The van der Waals surface area contributed by atoms with Crippen LogP contribution in [0.2, 0.25) is 0 Å². The molecule has 5 aromatic rings. The molecule has 10 heteroatoms. The van der Waals surface area contributed by atoms with E-state index in [1.54, 1.807) is 35.4 Å². The first-order chi connectivity index (χ1) is 27.6. The molecule has 1 aromatic heterocycles. The molecule has 0 fully saturated rings. The largest absolute Gasteiger partial charge is 0.328 e.